The molecular weight excluding hydrogens is 186 g/mol. The van der Waals surface area contributed by atoms with Crippen LogP contribution in [0.25, 0.3) is 0 Å². The zero-order chi connectivity index (χ0) is 10.3. The summed E-state index contributed by atoms with van der Waals surface area (Å²) in [5.74, 6) is 1.49. The van der Waals surface area contributed by atoms with E-state index in [4.69, 9.17) is 5.11 Å². The van der Waals surface area contributed by atoms with Gasteiger partial charge in [-0.3, -0.25) is 9.69 Å². The Kier molecular flexibility index (Phi) is 7.09. The SMILES string of the molecule is CCSCC[C@@H](C)N(C)CC(=O)O. The van der Waals surface area contributed by atoms with Crippen molar-refractivity contribution in [2.45, 2.75) is 26.3 Å². The van der Waals surface area contributed by atoms with Gasteiger partial charge in [0.2, 0.25) is 0 Å². The molecule has 3 nitrogen and oxygen atoms in total. The summed E-state index contributed by atoms with van der Waals surface area (Å²) in [6, 6.07) is 0.357. The fraction of sp³-hybridized carbons (Fsp3) is 0.889. The first-order valence-corrected chi connectivity index (χ1v) is 5.73. The molecule has 13 heavy (non-hydrogen) atoms. The molecule has 4 heteroatoms. The van der Waals surface area contributed by atoms with E-state index in [9.17, 15) is 4.79 Å². The molecule has 0 unspecified atom stereocenters. The molecule has 0 amide bonds. The maximum Gasteiger partial charge on any atom is 0.317 e. The highest BCUT2D eigenvalue weighted by atomic mass is 32.2. The molecule has 0 aliphatic rings. The van der Waals surface area contributed by atoms with Crippen molar-refractivity contribution in [2.75, 3.05) is 25.1 Å². The molecule has 0 aromatic rings. The lowest BCUT2D eigenvalue weighted by molar-refractivity contribution is -0.138. The number of carboxylic acid groups (broad SMARTS) is 1. The Bertz CT molecular complexity index is 153. The number of hydrogen-bond acceptors (Lipinski definition) is 3. The van der Waals surface area contributed by atoms with E-state index < -0.39 is 5.97 Å². The number of carbonyl (C=O) groups is 1. The molecule has 78 valence electrons. The average molecular weight is 205 g/mol. The molecule has 0 fully saturated rings. The highest BCUT2D eigenvalue weighted by Crippen LogP contribution is 2.07. The third kappa shape index (κ3) is 6.90. The van der Waals surface area contributed by atoms with Crippen LogP contribution in [0.3, 0.4) is 0 Å². The van der Waals surface area contributed by atoms with Crippen molar-refractivity contribution < 1.29 is 9.90 Å². The Morgan fingerprint density at radius 1 is 1.62 bits per heavy atom. The molecule has 1 atom stereocenters. The van der Waals surface area contributed by atoms with Gasteiger partial charge in [0.15, 0.2) is 0 Å². The first kappa shape index (κ1) is 12.8. The molecular formula is C9H19NO2S. The molecule has 0 saturated carbocycles. The molecule has 0 heterocycles. The van der Waals surface area contributed by atoms with Gasteiger partial charge in [-0.25, -0.2) is 0 Å². The monoisotopic (exact) mass is 205 g/mol. The summed E-state index contributed by atoms with van der Waals surface area (Å²) in [6.07, 6.45) is 1.06. The van der Waals surface area contributed by atoms with E-state index in [2.05, 4.69) is 13.8 Å². The van der Waals surface area contributed by atoms with Crippen molar-refractivity contribution in [3.63, 3.8) is 0 Å². The quantitative estimate of drug-likeness (QED) is 0.640. The smallest absolute Gasteiger partial charge is 0.317 e. The zero-order valence-electron chi connectivity index (χ0n) is 8.62. The first-order chi connectivity index (χ1) is 6.07. The number of rotatable bonds is 7. The minimum Gasteiger partial charge on any atom is -0.480 e. The van der Waals surface area contributed by atoms with E-state index in [1.807, 2.05) is 23.7 Å². The largest absolute Gasteiger partial charge is 0.480 e. The van der Waals surface area contributed by atoms with E-state index in [1.54, 1.807) is 0 Å². The van der Waals surface area contributed by atoms with E-state index >= 15 is 0 Å². The molecule has 0 bridgehead atoms. The van der Waals surface area contributed by atoms with Crippen LogP contribution in [0, 0.1) is 0 Å². The van der Waals surface area contributed by atoms with Gasteiger partial charge >= 0.3 is 5.97 Å². The van der Waals surface area contributed by atoms with Crippen molar-refractivity contribution in [3.05, 3.63) is 0 Å². The Morgan fingerprint density at radius 3 is 2.69 bits per heavy atom. The first-order valence-electron chi connectivity index (χ1n) is 4.57. The van der Waals surface area contributed by atoms with Crippen LogP contribution in [0.2, 0.25) is 0 Å². The predicted octanol–water partition coefficient (Wildman–Crippen LogP) is 1.53. The van der Waals surface area contributed by atoms with Crippen LogP contribution in [0.15, 0.2) is 0 Å². The van der Waals surface area contributed by atoms with Gasteiger partial charge < -0.3 is 5.11 Å². The van der Waals surface area contributed by atoms with E-state index in [-0.39, 0.29) is 6.54 Å². The van der Waals surface area contributed by atoms with Gasteiger partial charge in [-0.2, -0.15) is 11.8 Å². The lowest BCUT2D eigenvalue weighted by Gasteiger charge is -2.22. The van der Waals surface area contributed by atoms with Gasteiger partial charge in [0.05, 0.1) is 6.54 Å². The summed E-state index contributed by atoms with van der Waals surface area (Å²) in [5, 5.41) is 8.56. The lowest BCUT2D eigenvalue weighted by atomic mass is 10.2. The molecule has 0 aliphatic carbocycles. The van der Waals surface area contributed by atoms with Gasteiger partial charge in [-0.05, 0) is 31.9 Å². The molecule has 0 radical (unpaired) electrons. The highest BCUT2D eigenvalue weighted by molar-refractivity contribution is 7.99. The topological polar surface area (TPSA) is 40.5 Å². The molecule has 0 spiro atoms. The fourth-order valence-corrected chi connectivity index (χ4v) is 1.78. The number of likely N-dealkylation sites (N-methyl/N-ethyl adjacent to an activating group) is 1. The fourth-order valence-electron chi connectivity index (χ4n) is 0.988. The van der Waals surface area contributed by atoms with Crippen molar-refractivity contribution in [3.8, 4) is 0 Å². The van der Waals surface area contributed by atoms with Gasteiger partial charge in [-0.15, -0.1) is 0 Å². The number of hydrogen-bond donors (Lipinski definition) is 1. The second-order valence-corrected chi connectivity index (χ2v) is 4.54. The third-order valence-electron chi connectivity index (χ3n) is 2.02. The van der Waals surface area contributed by atoms with Crippen molar-refractivity contribution >= 4 is 17.7 Å². The lowest BCUT2D eigenvalue weighted by Crippen LogP contribution is -2.34. The molecule has 0 rings (SSSR count). The number of thioether (sulfide) groups is 1. The summed E-state index contributed by atoms with van der Waals surface area (Å²) >= 11 is 1.90. The van der Waals surface area contributed by atoms with Gasteiger partial charge in [0.25, 0.3) is 0 Å². The van der Waals surface area contributed by atoms with E-state index in [1.165, 1.54) is 0 Å². The minimum absolute atomic E-state index is 0.137. The molecule has 0 aromatic carbocycles. The van der Waals surface area contributed by atoms with Crippen LogP contribution < -0.4 is 0 Å². The normalized spacial score (nSPS) is 13.2. The molecule has 0 saturated heterocycles. The Morgan fingerprint density at radius 2 is 2.23 bits per heavy atom. The average Bonchev–Trinajstić information content (AvgIpc) is 2.03. The van der Waals surface area contributed by atoms with Crippen LogP contribution in [0.5, 0.6) is 0 Å². The second kappa shape index (κ2) is 7.21. The van der Waals surface area contributed by atoms with Gasteiger partial charge in [0.1, 0.15) is 0 Å². The molecule has 0 aliphatic heterocycles. The maximum absolute atomic E-state index is 10.4. The van der Waals surface area contributed by atoms with Crippen molar-refractivity contribution in [1.29, 1.82) is 0 Å². The Labute approximate surface area is 84.5 Å². The van der Waals surface area contributed by atoms with Crippen LogP contribution >= 0.6 is 11.8 Å². The number of aliphatic carboxylic acids is 1. The number of carboxylic acids is 1. The van der Waals surface area contributed by atoms with Gasteiger partial charge in [0, 0.05) is 6.04 Å². The molecule has 1 N–H and O–H groups in total. The third-order valence-corrected chi connectivity index (χ3v) is 2.95. The van der Waals surface area contributed by atoms with Crippen molar-refractivity contribution in [1.82, 2.24) is 4.90 Å². The highest BCUT2D eigenvalue weighted by Gasteiger charge is 2.11. The summed E-state index contributed by atoms with van der Waals surface area (Å²) in [7, 11) is 1.86. The maximum atomic E-state index is 10.4. The van der Waals surface area contributed by atoms with Gasteiger partial charge in [-0.1, -0.05) is 6.92 Å². The molecule has 0 aromatic heterocycles. The Hall–Kier alpha value is -0.220. The van der Waals surface area contributed by atoms with Crippen molar-refractivity contribution in [2.24, 2.45) is 0 Å². The van der Waals surface area contributed by atoms with Crippen LogP contribution in [-0.2, 0) is 4.79 Å². The van der Waals surface area contributed by atoms with Crippen LogP contribution in [0.1, 0.15) is 20.3 Å². The summed E-state index contributed by atoms with van der Waals surface area (Å²) in [5.41, 5.74) is 0. The Balaban J connectivity index is 3.56. The minimum atomic E-state index is -0.752. The second-order valence-electron chi connectivity index (χ2n) is 3.14. The number of nitrogens with zero attached hydrogens (tertiary/aromatic N) is 1. The summed E-state index contributed by atoms with van der Waals surface area (Å²) < 4.78 is 0. The zero-order valence-corrected chi connectivity index (χ0v) is 9.43. The van der Waals surface area contributed by atoms with E-state index in [0.717, 1.165) is 17.9 Å². The summed E-state index contributed by atoms with van der Waals surface area (Å²) in [6.45, 7) is 4.34. The van der Waals surface area contributed by atoms with E-state index in [0.29, 0.717) is 6.04 Å². The summed E-state index contributed by atoms with van der Waals surface area (Å²) in [4.78, 5) is 12.3. The standard InChI is InChI=1S/C9H19NO2S/c1-4-13-6-5-8(2)10(3)7-9(11)12/h8H,4-7H2,1-3H3,(H,11,12)/t8-/m1/s1. The predicted molar refractivity (Wildman–Crippen MR) is 57.3 cm³/mol. The van der Waals surface area contributed by atoms with Crippen LogP contribution in [-0.4, -0.2) is 47.1 Å². The van der Waals surface area contributed by atoms with Crippen LogP contribution in [0.4, 0.5) is 0 Å².